The molecule has 0 radical (unpaired) electrons. The Balaban J connectivity index is 1.99. The molecule has 7 heteroatoms. The standard InChI is InChI=1S/C25H33N3O4/c1-6-18(7-2)28-21-11-10-17(23(29)27-25(5,24(30)31)15-16(3)4)13-20(21)26-22(28)14-19-9-8-12-32-19/h8-13,16,18H,6-7,14-15H2,1-5H3,(H,27,29)(H,30,31). The summed E-state index contributed by atoms with van der Waals surface area (Å²) in [6, 6.07) is 9.46. The van der Waals surface area contributed by atoms with Crippen molar-refractivity contribution in [3.05, 3.63) is 53.7 Å². The molecule has 2 heterocycles. The molecule has 1 aromatic carbocycles. The van der Waals surface area contributed by atoms with Gasteiger partial charge in [0.15, 0.2) is 0 Å². The van der Waals surface area contributed by atoms with Gasteiger partial charge >= 0.3 is 5.97 Å². The first-order valence-electron chi connectivity index (χ1n) is 11.3. The van der Waals surface area contributed by atoms with Gasteiger partial charge in [0.25, 0.3) is 5.91 Å². The first-order chi connectivity index (χ1) is 15.2. The number of benzene rings is 1. The van der Waals surface area contributed by atoms with E-state index in [-0.39, 0.29) is 12.0 Å². The van der Waals surface area contributed by atoms with Crippen LogP contribution in [0.4, 0.5) is 0 Å². The highest BCUT2D eigenvalue weighted by molar-refractivity contribution is 6.00. The monoisotopic (exact) mass is 439 g/mol. The van der Waals surface area contributed by atoms with Crippen LogP contribution in [-0.2, 0) is 11.2 Å². The number of imidazole rings is 1. The lowest BCUT2D eigenvalue weighted by Gasteiger charge is -2.28. The minimum absolute atomic E-state index is 0.124. The summed E-state index contributed by atoms with van der Waals surface area (Å²) in [7, 11) is 0. The van der Waals surface area contributed by atoms with E-state index in [1.54, 1.807) is 25.3 Å². The summed E-state index contributed by atoms with van der Waals surface area (Å²) < 4.78 is 7.77. The molecule has 0 spiro atoms. The van der Waals surface area contributed by atoms with E-state index < -0.39 is 17.4 Å². The number of amides is 1. The van der Waals surface area contributed by atoms with Crippen molar-refractivity contribution in [3.63, 3.8) is 0 Å². The molecule has 1 unspecified atom stereocenters. The average Bonchev–Trinajstić information content (AvgIpc) is 3.36. The van der Waals surface area contributed by atoms with Crippen LogP contribution >= 0.6 is 0 Å². The molecule has 3 rings (SSSR count). The molecule has 2 N–H and O–H groups in total. The highest BCUT2D eigenvalue weighted by Crippen LogP contribution is 2.28. The molecule has 7 nitrogen and oxygen atoms in total. The Hall–Kier alpha value is -3.09. The third-order valence-electron chi connectivity index (χ3n) is 5.92. The number of furan rings is 1. The van der Waals surface area contributed by atoms with Crippen LogP contribution in [0.15, 0.2) is 41.0 Å². The summed E-state index contributed by atoms with van der Waals surface area (Å²) in [5.74, 6) is 0.382. The van der Waals surface area contributed by atoms with E-state index in [4.69, 9.17) is 9.40 Å². The van der Waals surface area contributed by atoms with Crippen molar-refractivity contribution in [1.29, 1.82) is 0 Å². The number of nitrogens with one attached hydrogen (secondary N) is 1. The Labute approximate surface area is 188 Å². The van der Waals surface area contributed by atoms with Gasteiger partial charge in [0, 0.05) is 11.6 Å². The number of aromatic nitrogens is 2. The van der Waals surface area contributed by atoms with E-state index >= 15 is 0 Å². The minimum atomic E-state index is -1.33. The number of carboxylic acid groups (broad SMARTS) is 1. The number of rotatable bonds is 10. The van der Waals surface area contributed by atoms with E-state index in [9.17, 15) is 14.7 Å². The number of carbonyl (C=O) groups excluding carboxylic acids is 1. The van der Waals surface area contributed by atoms with E-state index in [2.05, 4.69) is 23.7 Å². The van der Waals surface area contributed by atoms with Crippen LogP contribution in [0.3, 0.4) is 0 Å². The van der Waals surface area contributed by atoms with Crippen LogP contribution in [0.5, 0.6) is 0 Å². The number of carbonyl (C=O) groups is 2. The zero-order chi connectivity index (χ0) is 23.5. The molecule has 172 valence electrons. The maximum absolute atomic E-state index is 13.0. The second-order valence-electron chi connectivity index (χ2n) is 9.02. The predicted octanol–water partition coefficient (Wildman–Crippen LogP) is 5.20. The third-order valence-corrected chi connectivity index (χ3v) is 5.92. The lowest BCUT2D eigenvalue weighted by atomic mass is 9.90. The average molecular weight is 440 g/mol. The third kappa shape index (κ3) is 4.87. The number of fused-ring (bicyclic) bond motifs is 1. The van der Waals surface area contributed by atoms with E-state index in [1.807, 2.05) is 32.0 Å². The van der Waals surface area contributed by atoms with Crippen molar-refractivity contribution in [1.82, 2.24) is 14.9 Å². The molecule has 0 bridgehead atoms. The lowest BCUT2D eigenvalue weighted by Crippen LogP contribution is -2.53. The molecule has 0 saturated heterocycles. The second-order valence-corrected chi connectivity index (χ2v) is 9.02. The summed E-state index contributed by atoms with van der Waals surface area (Å²) in [4.78, 5) is 29.6. The summed E-state index contributed by atoms with van der Waals surface area (Å²) in [5.41, 5.74) is 0.735. The van der Waals surface area contributed by atoms with Gasteiger partial charge in [-0.15, -0.1) is 0 Å². The zero-order valence-corrected chi connectivity index (χ0v) is 19.5. The van der Waals surface area contributed by atoms with Crippen LogP contribution in [0.1, 0.15) is 81.9 Å². The largest absolute Gasteiger partial charge is 0.480 e. The molecule has 0 fully saturated rings. The Morgan fingerprint density at radius 1 is 1.22 bits per heavy atom. The molecular weight excluding hydrogens is 406 g/mol. The van der Waals surface area contributed by atoms with Crippen molar-refractivity contribution in [2.24, 2.45) is 5.92 Å². The van der Waals surface area contributed by atoms with E-state index in [0.717, 1.165) is 29.9 Å². The van der Waals surface area contributed by atoms with Crippen LogP contribution in [0, 0.1) is 5.92 Å². The quantitative estimate of drug-likeness (QED) is 0.452. The minimum Gasteiger partial charge on any atom is -0.480 e. The fourth-order valence-electron chi connectivity index (χ4n) is 4.38. The van der Waals surface area contributed by atoms with Crippen molar-refractivity contribution >= 4 is 22.9 Å². The maximum Gasteiger partial charge on any atom is 0.329 e. The molecule has 2 aromatic heterocycles. The van der Waals surface area contributed by atoms with Crippen molar-refractivity contribution in [3.8, 4) is 0 Å². The number of hydrogen-bond acceptors (Lipinski definition) is 4. The van der Waals surface area contributed by atoms with Gasteiger partial charge in [0.05, 0.1) is 23.7 Å². The van der Waals surface area contributed by atoms with Gasteiger partial charge in [-0.3, -0.25) is 4.79 Å². The molecule has 0 aliphatic heterocycles. The van der Waals surface area contributed by atoms with Gasteiger partial charge in [-0.1, -0.05) is 27.7 Å². The Morgan fingerprint density at radius 2 is 1.94 bits per heavy atom. The van der Waals surface area contributed by atoms with Crippen LogP contribution in [0.2, 0.25) is 0 Å². The summed E-state index contributed by atoms with van der Waals surface area (Å²) in [6.07, 6.45) is 4.47. The molecule has 0 aliphatic rings. The summed E-state index contributed by atoms with van der Waals surface area (Å²) in [6.45, 7) is 9.73. The predicted molar refractivity (Wildman–Crippen MR) is 124 cm³/mol. The van der Waals surface area contributed by atoms with Gasteiger partial charge in [-0.25, -0.2) is 9.78 Å². The SMILES string of the molecule is CCC(CC)n1c(Cc2ccco2)nc2cc(C(=O)NC(C)(CC(C)C)C(=O)O)ccc21. The van der Waals surface area contributed by atoms with Crippen LogP contribution in [0.25, 0.3) is 11.0 Å². The molecule has 0 aliphatic carbocycles. The number of hydrogen-bond donors (Lipinski definition) is 2. The van der Waals surface area contributed by atoms with Crippen LogP contribution < -0.4 is 5.32 Å². The molecular formula is C25H33N3O4. The molecule has 0 saturated carbocycles. The molecule has 32 heavy (non-hydrogen) atoms. The first-order valence-corrected chi connectivity index (χ1v) is 11.3. The number of aliphatic carboxylic acids is 1. The molecule has 3 aromatic rings. The fourth-order valence-corrected chi connectivity index (χ4v) is 4.38. The molecule has 1 amide bonds. The highest BCUT2D eigenvalue weighted by Gasteiger charge is 2.35. The first kappa shape index (κ1) is 23.6. The fraction of sp³-hybridized carbons (Fsp3) is 0.480. The lowest BCUT2D eigenvalue weighted by molar-refractivity contribution is -0.144. The van der Waals surface area contributed by atoms with Gasteiger partial charge in [-0.05, 0) is 62.4 Å². The maximum atomic E-state index is 13.0. The Morgan fingerprint density at radius 3 is 2.50 bits per heavy atom. The van der Waals surface area contributed by atoms with E-state index in [0.29, 0.717) is 23.9 Å². The van der Waals surface area contributed by atoms with E-state index in [1.165, 1.54) is 0 Å². The van der Waals surface area contributed by atoms with Crippen molar-refractivity contribution in [2.75, 3.05) is 0 Å². The normalized spacial score (nSPS) is 13.6. The zero-order valence-electron chi connectivity index (χ0n) is 19.5. The van der Waals surface area contributed by atoms with Crippen molar-refractivity contribution in [2.45, 2.75) is 71.9 Å². The van der Waals surface area contributed by atoms with Gasteiger partial charge < -0.3 is 19.4 Å². The van der Waals surface area contributed by atoms with Gasteiger partial charge in [-0.2, -0.15) is 0 Å². The Bertz CT molecular complexity index is 1080. The number of nitrogens with zero attached hydrogens (tertiary/aromatic N) is 2. The second kappa shape index (κ2) is 9.59. The van der Waals surface area contributed by atoms with Crippen molar-refractivity contribution < 1.29 is 19.1 Å². The smallest absolute Gasteiger partial charge is 0.329 e. The van der Waals surface area contributed by atoms with Gasteiger partial charge in [0.1, 0.15) is 17.1 Å². The summed E-state index contributed by atoms with van der Waals surface area (Å²) >= 11 is 0. The van der Waals surface area contributed by atoms with Gasteiger partial charge in [0.2, 0.25) is 0 Å². The Kier molecular flexibility index (Phi) is 7.06. The summed E-state index contributed by atoms with van der Waals surface area (Å²) in [5, 5.41) is 12.4. The molecule has 1 atom stereocenters. The highest BCUT2D eigenvalue weighted by atomic mass is 16.4. The van der Waals surface area contributed by atoms with Crippen LogP contribution in [-0.4, -0.2) is 32.1 Å². The topological polar surface area (TPSA) is 97.4 Å². The number of carboxylic acids is 1.